The number of piperazine rings is 1. The average molecular weight is 246 g/mol. The summed E-state index contributed by atoms with van der Waals surface area (Å²) in [5.74, 6) is 1.97. The van der Waals surface area contributed by atoms with E-state index in [1.807, 2.05) is 6.07 Å². The van der Waals surface area contributed by atoms with Crippen molar-refractivity contribution in [2.24, 2.45) is 5.92 Å². The van der Waals surface area contributed by atoms with Crippen molar-refractivity contribution >= 4 is 0 Å². The Morgan fingerprint density at radius 2 is 2.17 bits per heavy atom. The average Bonchev–Trinajstić information content (AvgIpc) is 3.23. The third-order valence-electron chi connectivity index (χ3n) is 4.04. The maximum absolute atomic E-state index is 5.51. The van der Waals surface area contributed by atoms with Crippen molar-refractivity contribution in [1.29, 1.82) is 0 Å². The first kappa shape index (κ1) is 12.0. The summed E-state index contributed by atoms with van der Waals surface area (Å²) < 4.78 is 5.51. The summed E-state index contributed by atoms with van der Waals surface area (Å²) in [4.78, 5) is 2.63. The number of methoxy groups -OCH3 is 1. The van der Waals surface area contributed by atoms with Gasteiger partial charge in [-0.1, -0.05) is 18.2 Å². The van der Waals surface area contributed by atoms with Gasteiger partial charge in [-0.05, 0) is 24.8 Å². The molecule has 1 heterocycles. The zero-order valence-corrected chi connectivity index (χ0v) is 11.1. The molecule has 98 valence electrons. The van der Waals surface area contributed by atoms with E-state index in [2.05, 4.69) is 28.4 Å². The number of hydrogen-bond acceptors (Lipinski definition) is 3. The van der Waals surface area contributed by atoms with Gasteiger partial charge in [-0.3, -0.25) is 4.90 Å². The highest BCUT2D eigenvalue weighted by Gasteiger charge is 2.31. The van der Waals surface area contributed by atoms with Crippen LogP contribution < -0.4 is 10.1 Å². The summed E-state index contributed by atoms with van der Waals surface area (Å²) in [5, 5.41) is 3.51. The Kier molecular flexibility index (Phi) is 3.52. The molecule has 2 fully saturated rings. The number of benzene rings is 1. The number of rotatable bonds is 4. The van der Waals surface area contributed by atoms with Crippen LogP contribution in [0.25, 0.3) is 0 Å². The van der Waals surface area contributed by atoms with Gasteiger partial charge in [0.2, 0.25) is 0 Å². The van der Waals surface area contributed by atoms with Gasteiger partial charge in [0.1, 0.15) is 5.75 Å². The summed E-state index contributed by atoms with van der Waals surface area (Å²) in [5.41, 5.74) is 1.33. The Labute approximate surface area is 109 Å². The van der Waals surface area contributed by atoms with Crippen molar-refractivity contribution < 1.29 is 4.74 Å². The van der Waals surface area contributed by atoms with Gasteiger partial charge in [0.25, 0.3) is 0 Å². The molecule has 0 unspecified atom stereocenters. The van der Waals surface area contributed by atoms with Crippen LogP contribution in [-0.2, 0) is 0 Å². The van der Waals surface area contributed by atoms with Crippen LogP contribution >= 0.6 is 0 Å². The number of hydrogen-bond donors (Lipinski definition) is 1. The van der Waals surface area contributed by atoms with E-state index in [4.69, 9.17) is 4.74 Å². The lowest BCUT2D eigenvalue weighted by molar-refractivity contribution is 0.152. The van der Waals surface area contributed by atoms with Crippen molar-refractivity contribution in [1.82, 2.24) is 10.2 Å². The van der Waals surface area contributed by atoms with Gasteiger partial charge in [0.05, 0.1) is 13.2 Å². The molecule has 0 aromatic heterocycles. The van der Waals surface area contributed by atoms with Crippen LogP contribution in [0.2, 0.25) is 0 Å². The van der Waals surface area contributed by atoms with Crippen molar-refractivity contribution in [3.05, 3.63) is 29.8 Å². The molecule has 1 aromatic carbocycles. The van der Waals surface area contributed by atoms with Gasteiger partial charge >= 0.3 is 0 Å². The van der Waals surface area contributed by atoms with E-state index in [9.17, 15) is 0 Å². The predicted octanol–water partition coefficient (Wildman–Crippen LogP) is 2.05. The van der Waals surface area contributed by atoms with Crippen LogP contribution in [0, 0.1) is 5.92 Å². The molecule has 1 aliphatic carbocycles. The maximum atomic E-state index is 5.51. The number of ether oxygens (including phenoxy) is 1. The minimum absolute atomic E-state index is 0.468. The molecular weight excluding hydrogens is 224 g/mol. The number of nitrogens with zero attached hydrogens (tertiary/aromatic N) is 1. The summed E-state index contributed by atoms with van der Waals surface area (Å²) in [6.07, 6.45) is 2.84. The van der Waals surface area contributed by atoms with Gasteiger partial charge in [0.15, 0.2) is 0 Å². The van der Waals surface area contributed by atoms with Crippen LogP contribution in [0.3, 0.4) is 0 Å². The molecule has 0 spiro atoms. The lowest BCUT2D eigenvalue weighted by atomic mass is 10.0. The predicted molar refractivity (Wildman–Crippen MR) is 72.9 cm³/mol. The molecule has 1 aromatic rings. The molecule has 1 saturated carbocycles. The van der Waals surface area contributed by atoms with Gasteiger partial charge in [-0.2, -0.15) is 0 Å². The van der Waals surface area contributed by atoms with E-state index in [0.717, 1.165) is 31.3 Å². The lowest BCUT2D eigenvalue weighted by Crippen LogP contribution is -2.46. The SMILES string of the molecule is COc1ccccc1[C@@H]1CNCCN1CC1CC1. The molecule has 1 aliphatic heterocycles. The van der Waals surface area contributed by atoms with E-state index in [0.29, 0.717) is 6.04 Å². The first-order chi connectivity index (χ1) is 8.88. The monoisotopic (exact) mass is 246 g/mol. The topological polar surface area (TPSA) is 24.5 Å². The standard InChI is InChI=1S/C15H22N2O/c1-18-15-5-3-2-4-13(15)14-10-16-8-9-17(14)11-12-6-7-12/h2-5,12,14,16H,6-11H2,1H3/t14-/m0/s1. The highest BCUT2D eigenvalue weighted by molar-refractivity contribution is 5.36. The summed E-state index contributed by atoms with van der Waals surface area (Å²) in [7, 11) is 1.76. The minimum atomic E-state index is 0.468. The molecule has 1 atom stereocenters. The van der Waals surface area contributed by atoms with E-state index in [1.165, 1.54) is 24.9 Å². The molecule has 2 aliphatic rings. The van der Waals surface area contributed by atoms with E-state index in [1.54, 1.807) is 7.11 Å². The number of nitrogens with one attached hydrogen (secondary N) is 1. The van der Waals surface area contributed by atoms with Crippen LogP contribution in [0.4, 0.5) is 0 Å². The van der Waals surface area contributed by atoms with Crippen molar-refractivity contribution in [2.75, 3.05) is 33.3 Å². The number of para-hydroxylation sites is 1. The van der Waals surface area contributed by atoms with Crippen molar-refractivity contribution in [3.8, 4) is 5.75 Å². The molecule has 0 amide bonds. The van der Waals surface area contributed by atoms with E-state index < -0.39 is 0 Å². The molecule has 3 heteroatoms. The Hall–Kier alpha value is -1.06. The molecule has 1 N–H and O–H groups in total. The third-order valence-corrected chi connectivity index (χ3v) is 4.04. The van der Waals surface area contributed by atoms with Gasteiger partial charge in [-0.25, -0.2) is 0 Å². The second kappa shape index (κ2) is 5.29. The largest absolute Gasteiger partial charge is 0.496 e. The smallest absolute Gasteiger partial charge is 0.123 e. The maximum Gasteiger partial charge on any atom is 0.123 e. The fourth-order valence-corrected chi connectivity index (χ4v) is 2.85. The summed E-state index contributed by atoms with van der Waals surface area (Å²) >= 11 is 0. The zero-order chi connectivity index (χ0) is 12.4. The molecule has 3 rings (SSSR count). The van der Waals surface area contributed by atoms with Crippen LogP contribution in [-0.4, -0.2) is 38.2 Å². The van der Waals surface area contributed by atoms with Crippen molar-refractivity contribution in [2.45, 2.75) is 18.9 Å². The van der Waals surface area contributed by atoms with Crippen LogP contribution in [0.1, 0.15) is 24.4 Å². The van der Waals surface area contributed by atoms with E-state index in [-0.39, 0.29) is 0 Å². The summed E-state index contributed by atoms with van der Waals surface area (Å²) in [6, 6.07) is 8.90. The molecule has 3 nitrogen and oxygen atoms in total. The summed E-state index contributed by atoms with van der Waals surface area (Å²) in [6.45, 7) is 4.55. The van der Waals surface area contributed by atoms with Gasteiger partial charge < -0.3 is 10.1 Å². The van der Waals surface area contributed by atoms with Crippen LogP contribution in [0.5, 0.6) is 5.75 Å². The van der Waals surface area contributed by atoms with Gasteiger partial charge in [0, 0.05) is 31.7 Å². The van der Waals surface area contributed by atoms with E-state index >= 15 is 0 Å². The minimum Gasteiger partial charge on any atom is -0.496 e. The first-order valence-electron chi connectivity index (χ1n) is 6.96. The van der Waals surface area contributed by atoms with Crippen molar-refractivity contribution in [3.63, 3.8) is 0 Å². The second-order valence-corrected chi connectivity index (χ2v) is 5.40. The quantitative estimate of drug-likeness (QED) is 0.880. The third kappa shape index (κ3) is 2.52. The highest BCUT2D eigenvalue weighted by atomic mass is 16.5. The Morgan fingerprint density at radius 3 is 2.94 bits per heavy atom. The first-order valence-corrected chi connectivity index (χ1v) is 6.96. The Bertz CT molecular complexity index is 403. The molecular formula is C15H22N2O. The van der Waals surface area contributed by atoms with Gasteiger partial charge in [-0.15, -0.1) is 0 Å². The normalized spacial score (nSPS) is 25.1. The molecule has 1 saturated heterocycles. The van der Waals surface area contributed by atoms with Crippen LogP contribution in [0.15, 0.2) is 24.3 Å². The Morgan fingerprint density at radius 1 is 1.33 bits per heavy atom. The fourth-order valence-electron chi connectivity index (χ4n) is 2.85. The highest BCUT2D eigenvalue weighted by Crippen LogP contribution is 2.35. The molecule has 0 radical (unpaired) electrons. The second-order valence-electron chi connectivity index (χ2n) is 5.40. The Balaban J connectivity index is 1.81. The zero-order valence-electron chi connectivity index (χ0n) is 11.1. The lowest BCUT2D eigenvalue weighted by Gasteiger charge is -2.37. The molecule has 0 bridgehead atoms. The molecule has 18 heavy (non-hydrogen) atoms. The fraction of sp³-hybridized carbons (Fsp3) is 0.600.